The zero-order valence-corrected chi connectivity index (χ0v) is 14.5. The van der Waals surface area contributed by atoms with Crippen molar-refractivity contribution in [3.05, 3.63) is 41.5 Å². The summed E-state index contributed by atoms with van der Waals surface area (Å²) in [7, 11) is 1.74. The molecular formula is C21H26O2. The SMILES string of the molecule is COc1ccc2c(c1)C[C@@H](C)C1C2[C@@H](C)C[C@]2(C)C(=O)C=CC12. The highest BCUT2D eigenvalue weighted by Gasteiger charge is 2.56. The van der Waals surface area contributed by atoms with Crippen molar-refractivity contribution >= 4 is 5.78 Å². The summed E-state index contributed by atoms with van der Waals surface area (Å²) >= 11 is 0. The number of carbonyl (C=O) groups excluding carboxylic acids is 1. The van der Waals surface area contributed by atoms with Crippen molar-refractivity contribution in [3.63, 3.8) is 0 Å². The smallest absolute Gasteiger partial charge is 0.161 e. The van der Waals surface area contributed by atoms with E-state index in [1.807, 2.05) is 6.08 Å². The van der Waals surface area contributed by atoms with Gasteiger partial charge >= 0.3 is 0 Å². The number of allylic oxidation sites excluding steroid dienone is 2. The summed E-state index contributed by atoms with van der Waals surface area (Å²) in [6, 6.07) is 6.59. The number of ketones is 1. The highest BCUT2D eigenvalue weighted by Crippen LogP contribution is 2.61. The Morgan fingerprint density at radius 1 is 1.22 bits per heavy atom. The molecule has 1 saturated carbocycles. The first kappa shape index (κ1) is 15.0. The van der Waals surface area contributed by atoms with Gasteiger partial charge in [-0.15, -0.1) is 0 Å². The van der Waals surface area contributed by atoms with E-state index in [1.165, 1.54) is 11.1 Å². The van der Waals surface area contributed by atoms with E-state index < -0.39 is 0 Å². The molecule has 2 heteroatoms. The second-order valence-electron chi connectivity index (χ2n) is 8.20. The molecule has 0 bridgehead atoms. The Kier molecular flexibility index (Phi) is 3.23. The molecule has 1 aromatic rings. The molecule has 0 heterocycles. The minimum absolute atomic E-state index is 0.168. The predicted molar refractivity (Wildman–Crippen MR) is 91.6 cm³/mol. The summed E-state index contributed by atoms with van der Waals surface area (Å²) in [6.45, 7) is 6.91. The van der Waals surface area contributed by atoms with Crippen molar-refractivity contribution < 1.29 is 9.53 Å². The van der Waals surface area contributed by atoms with Gasteiger partial charge in [-0.1, -0.05) is 32.9 Å². The normalized spacial score (nSPS) is 41.2. The van der Waals surface area contributed by atoms with Gasteiger partial charge < -0.3 is 4.74 Å². The third-order valence-corrected chi connectivity index (χ3v) is 6.85. The van der Waals surface area contributed by atoms with Crippen molar-refractivity contribution in [3.8, 4) is 5.75 Å². The van der Waals surface area contributed by atoms with Gasteiger partial charge in [-0.05, 0) is 71.8 Å². The standard InChI is InChI=1S/C21H26O2/c1-12-9-14-10-15(23-4)5-6-16(14)19-13(2)11-21(3)17(20(12)19)7-8-18(21)22/h5-8,10,12-13,17,19-20H,9,11H2,1-4H3/t12-,13+,17?,19?,20?,21+/m1/s1. The summed E-state index contributed by atoms with van der Waals surface area (Å²) in [5.41, 5.74) is 2.77. The number of carbonyl (C=O) groups is 1. The molecule has 0 saturated heterocycles. The van der Waals surface area contributed by atoms with Gasteiger partial charge in [-0.2, -0.15) is 0 Å². The van der Waals surface area contributed by atoms with Crippen LogP contribution in [-0.4, -0.2) is 12.9 Å². The summed E-state index contributed by atoms with van der Waals surface area (Å²) in [6.07, 6.45) is 6.17. The van der Waals surface area contributed by atoms with Crippen LogP contribution < -0.4 is 4.74 Å². The molecule has 4 rings (SSSR count). The first-order valence-corrected chi connectivity index (χ1v) is 8.85. The number of fused-ring (bicyclic) bond motifs is 5. The third kappa shape index (κ3) is 1.96. The molecule has 3 aliphatic carbocycles. The Balaban J connectivity index is 1.81. The van der Waals surface area contributed by atoms with Crippen LogP contribution in [-0.2, 0) is 11.2 Å². The van der Waals surface area contributed by atoms with Crippen LogP contribution in [0.3, 0.4) is 0 Å². The minimum Gasteiger partial charge on any atom is -0.497 e. The van der Waals surface area contributed by atoms with Crippen molar-refractivity contribution in [1.82, 2.24) is 0 Å². The molecule has 0 amide bonds. The lowest BCUT2D eigenvalue weighted by molar-refractivity contribution is -0.129. The number of hydrogen-bond acceptors (Lipinski definition) is 2. The van der Waals surface area contributed by atoms with Crippen LogP contribution in [0.15, 0.2) is 30.4 Å². The third-order valence-electron chi connectivity index (χ3n) is 6.85. The second kappa shape index (κ2) is 4.96. The Bertz CT molecular complexity index is 689. The molecule has 122 valence electrons. The number of benzene rings is 1. The molecule has 0 aromatic heterocycles. The Morgan fingerprint density at radius 2 is 2.00 bits per heavy atom. The highest BCUT2D eigenvalue weighted by atomic mass is 16.5. The summed E-state index contributed by atoms with van der Waals surface area (Å²) in [5, 5.41) is 0. The van der Waals surface area contributed by atoms with Crippen LogP contribution in [0.1, 0.15) is 44.2 Å². The van der Waals surface area contributed by atoms with Crippen molar-refractivity contribution in [2.45, 2.75) is 39.5 Å². The molecule has 2 nitrogen and oxygen atoms in total. The van der Waals surface area contributed by atoms with Gasteiger partial charge in [-0.25, -0.2) is 0 Å². The molecule has 0 N–H and O–H groups in total. The topological polar surface area (TPSA) is 26.3 Å². The van der Waals surface area contributed by atoms with E-state index in [2.05, 4.69) is 45.0 Å². The number of rotatable bonds is 1. The molecule has 23 heavy (non-hydrogen) atoms. The zero-order valence-electron chi connectivity index (χ0n) is 14.5. The summed E-state index contributed by atoms with van der Waals surface area (Å²) in [5.74, 6) is 3.99. The van der Waals surface area contributed by atoms with E-state index in [4.69, 9.17) is 4.74 Å². The molecule has 6 atom stereocenters. The summed E-state index contributed by atoms with van der Waals surface area (Å²) in [4.78, 5) is 12.5. The van der Waals surface area contributed by atoms with Crippen LogP contribution in [0.5, 0.6) is 5.75 Å². The lowest BCUT2D eigenvalue weighted by Crippen LogP contribution is -2.49. The molecule has 3 aliphatic rings. The van der Waals surface area contributed by atoms with Crippen molar-refractivity contribution in [1.29, 1.82) is 0 Å². The van der Waals surface area contributed by atoms with Crippen molar-refractivity contribution in [2.75, 3.05) is 7.11 Å². The Morgan fingerprint density at radius 3 is 2.74 bits per heavy atom. The average molecular weight is 310 g/mol. The Labute approximate surface area is 138 Å². The van der Waals surface area contributed by atoms with E-state index in [0.29, 0.717) is 35.4 Å². The van der Waals surface area contributed by atoms with E-state index in [1.54, 1.807) is 7.11 Å². The second-order valence-corrected chi connectivity index (χ2v) is 8.20. The first-order valence-electron chi connectivity index (χ1n) is 8.85. The van der Waals surface area contributed by atoms with Crippen LogP contribution in [0.4, 0.5) is 0 Å². The number of ether oxygens (including phenoxy) is 1. The predicted octanol–water partition coefficient (Wildman–Crippen LogP) is 4.39. The van der Waals surface area contributed by atoms with Gasteiger partial charge in [-0.3, -0.25) is 4.79 Å². The molecule has 1 fully saturated rings. The van der Waals surface area contributed by atoms with E-state index in [0.717, 1.165) is 18.6 Å². The molecule has 0 radical (unpaired) electrons. The lowest BCUT2D eigenvalue weighted by Gasteiger charge is -2.53. The van der Waals surface area contributed by atoms with Crippen LogP contribution >= 0.6 is 0 Å². The first-order chi connectivity index (χ1) is 11.0. The van der Waals surface area contributed by atoms with Crippen LogP contribution in [0.25, 0.3) is 0 Å². The van der Waals surface area contributed by atoms with Gasteiger partial charge in [0.05, 0.1) is 7.11 Å². The largest absolute Gasteiger partial charge is 0.497 e. The monoisotopic (exact) mass is 310 g/mol. The summed E-state index contributed by atoms with van der Waals surface area (Å²) < 4.78 is 5.42. The van der Waals surface area contributed by atoms with E-state index in [-0.39, 0.29) is 5.41 Å². The molecule has 0 spiro atoms. The molecule has 1 aromatic carbocycles. The van der Waals surface area contributed by atoms with E-state index in [9.17, 15) is 4.79 Å². The van der Waals surface area contributed by atoms with Gasteiger partial charge in [0.1, 0.15) is 5.75 Å². The van der Waals surface area contributed by atoms with Gasteiger partial charge in [0.25, 0.3) is 0 Å². The fourth-order valence-electron chi connectivity index (χ4n) is 5.86. The molecular weight excluding hydrogens is 284 g/mol. The molecule has 0 aliphatic heterocycles. The zero-order chi connectivity index (χ0) is 16.4. The van der Waals surface area contributed by atoms with Crippen molar-refractivity contribution in [2.24, 2.45) is 29.1 Å². The molecule has 3 unspecified atom stereocenters. The fraction of sp³-hybridized carbons (Fsp3) is 0.571. The quantitative estimate of drug-likeness (QED) is 0.769. The van der Waals surface area contributed by atoms with E-state index >= 15 is 0 Å². The average Bonchev–Trinajstić information content (AvgIpc) is 2.81. The van der Waals surface area contributed by atoms with Gasteiger partial charge in [0.2, 0.25) is 0 Å². The Hall–Kier alpha value is -1.57. The maximum absolute atomic E-state index is 12.5. The van der Waals surface area contributed by atoms with Gasteiger partial charge in [0, 0.05) is 5.41 Å². The number of methoxy groups -OCH3 is 1. The lowest BCUT2D eigenvalue weighted by atomic mass is 9.50. The maximum atomic E-state index is 12.5. The maximum Gasteiger partial charge on any atom is 0.161 e. The van der Waals surface area contributed by atoms with Crippen LogP contribution in [0.2, 0.25) is 0 Å². The number of hydrogen-bond donors (Lipinski definition) is 0. The van der Waals surface area contributed by atoms with Gasteiger partial charge in [0.15, 0.2) is 5.78 Å². The fourth-order valence-corrected chi connectivity index (χ4v) is 5.86. The minimum atomic E-state index is -0.168. The highest BCUT2D eigenvalue weighted by molar-refractivity contribution is 5.97. The van der Waals surface area contributed by atoms with Crippen LogP contribution in [0, 0.1) is 29.1 Å².